The summed E-state index contributed by atoms with van der Waals surface area (Å²) in [5, 5.41) is 0. The van der Waals surface area contributed by atoms with Gasteiger partial charge >= 0.3 is 0 Å². The van der Waals surface area contributed by atoms with Gasteiger partial charge in [0.2, 0.25) is 0 Å². The minimum absolute atomic E-state index is 0. The Bertz CT molecular complexity index is 1380. The van der Waals surface area contributed by atoms with Crippen molar-refractivity contribution >= 4 is 22.8 Å². The molecule has 0 atom stereocenters. The summed E-state index contributed by atoms with van der Waals surface area (Å²) in [6.45, 7) is 13.6. The average molecular weight is 810 g/mol. The molecule has 0 aromatic heterocycles. The predicted molar refractivity (Wildman–Crippen MR) is 248 cm³/mol. The normalized spacial score (nSPS) is 11.8. The topological polar surface area (TPSA) is 24.7 Å². The fourth-order valence-electron chi connectivity index (χ4n) is 7.71. The number of hydrogen-bond acceptors (Lipinski definition) is 2. The fourth-order valence-corrected chi connectivity index (χ4v) is 7.71. The third-order valence-electron chi connectivity index (χ3n) is 11.3. The molecule has 0 spiro atoms. The first-order valence-corrected chi connectivity index (χ1v) is 23.9. The number of unbranched alkanes of at least 4 members (excludes halogenated alkanes) is 22. The minimum Gasteiger partial charge on any atom is -0.251 e. The van der Waals surface area contributed by atoms with Crippen molar-refractivity contribution in [2.24, 2.45) is 9.98 Å². The van der Waals surface area contributed by atoms with Gasteiger partial charge in [-0.25, -0.2) is 4.99 Å². The molecule has 0 N–H and O–H groups in total. The Morgan fingerprint density at radius 3 is 1.16 bits per heavy atom. The van der Waals surface area contributed by atoms with Gasteiger partial charge in [0.1, 0.15) is 5.71 Å². The van der Waals surface area contributed by atoms with Crippen molar-refractivity contribution in [2.75, 3.05) is 0 Å². The third-order valence-corrected chi connectivity index (χ3v) is 11.3. The Kier molecular flexibility index (Phi) is 33.3. The molecule has 0 aliphatic carbocycles. The quantitative estimate of drug-likeness (QED) is 0.0297. The van der Waals surface area contributed by atoms with E-state index in [4.69, 9.17) is 9.98 Å². The molecule has 0 bridgehead atoms. The van der Waals surface area contributed by atoms with E-state index in [9.17, 15) is 0 Å². The summed E-state index contributed by atoms with van der Waals surface area (Å²) in [7, 11) is 0. The molecule has 318 valence electrons. The van der Waals surface area contributed by atoms with Crippen LogP contribution in [0.15, 0.2) is 46.4 Å². The van der Waals surface area contributed by atoms with Gasteiger partial charge in [-0.05, 0) is 117 Å². The second-order valence-electron chi connectivity index (χ2n) is 16.5. The molecule has 0 aliphatic heterocycles. The second-order valence-corrected chi connectivity index (χ2v) is 16.5. The Balaban J connectivity index is 0.0000157. The van der Waals surface area contributed by atoms with Gasteiger partial charge in [0.25, 0.3) is 0 Å². The molecule has 2 nitrogen and oxygen atoms in total. The minimum atomic E-state index is 0. The number of benzene rings is 2. The molecule has 0 radical (unpaired) electrons. The monoisotopic (exact) mass is 809 g/mol. The van der Waals surface area contributed by atoms with Crippen molar-refractivity contribution in [3.8, 4) is 11.8 Å². The average Bonchev–Trinajstić information content (AvgIpc) is 3.19. The van der Waals surface area contributed by atoms with E-state index in [1.165, 1.54) is 202 Å². The van der Waals surface area contributed by atoms with Crippen LogP contribution in [-0.4, -0.2) is 11.4 Å². The standard InChI is InChI=1S/C53H86N2.Ni/c1-7-12-17-18-19-20-21-22-23-24-25-26-27-28-29-34-39-53(55-52-43-41-48(36-31-14-9-3)50(45-52)38-33-16-11-5)46(6)54-51-42-40-47(35-30-13-8-2)49(44-51)37-32-15-10-4;/h40-45H,7-33,35-38H2,1-6H3;/b54-46+,55-53+;. The first kappa shape index (κ1) is 51.9. The van der Waals surface area contributed by atoms with Crippen LogP contribution in [0.5, 0.6) is 0 Å². The van der Waals surface area contributed by atoms with E-state index < -0.39 is 0 Å². The Labute approximate surface area is 358 Å². The van der Waals surface area contributed by atoms with Gasteiger partial charge in [-0.3, -0.25) is 4.99 Å². The maximum absolute atomic E-state index is 5.25. The molecular formula is C53H86N2Ni. The third kappa shape index (κ3) is 24.6. The van der Waals surface area contributed by atoms with Gasteiger partial charge in [0.15, 0.2) is 0 Å². The van der Waals surface area contributed by atoms with Crippen LogP contribution in [-0.2, 0) is 42.2 Å². The number of rotatable bonds is 33. The summed E-state index contributed by atoms with van der Waals surface area (Å²) in [6.07, 6.45) is 40.1. The van der Waals surface area contributed by atoms with Gasteiger partial charge in [0, 0.05) is 22.9 Å². The maximum atomic E-state index is 5.25. The molecule has 0 saturated carbocycles. The molecule has 0 saturated heterocycles. The Morgan fingerprint density at radius 2 is 0.750 bits per heavy atom. The van der Waals surface area contributed by atoms with Gasteiger partial charge < -0.3 is 0 Å². The largest absolute Gasteiger partial charge is 0.251 e. The van der Waals surface area contributed by atoms with Gasteiger partial charge in [-0.2, -0.15) is 0 Å². The number of nitrogens with zero attached hydrogens (tertiary/aromatic N) is 2. The van der Waals surface area contributed by atoms with Gasteiger partial charge in [-0.1, -0.05) is 188 Å². The van der Waals surface area contributed by atoms with Crippen molar-refractivity contribution in [3.05, 3.63) is 58.7 Å². The molecular weight excluding hydrogens is 723 g/mol. The van der Waals surface area contributed by atoms with Crippen molar-refractivity contribution in [3.63, 3.8) is 0 Å². The van der Waals surface area contributed by atoms with Gasteiger partial charge in [-0.15, -0.1) is 0 Å². The first-order valence-electron chi connectivity index (χ1n) is 23.9. The van der Waals surface area contributed by atoms with Crippen molar-refractivity contribution in [2.45, 2.75) is 241 Å². The SMILES string of the molecule is CCCCCCCCCCCCCCCCC#CC(=N\c1ccc(CCCCC)c(CCCCC)c1)/C(C)=N/c1ccc(CCCCC)c(CCCCC)c1.[Ni]. The summed E-state index contributed by atoms with van der Waals surface area (Å²) in [6, 6.07) is 13.9. The van der Waals surface area contributed by atoms with E-state index in [0.717, 1.165) is 42.1 Å². The van der Waals surface area contributed by atoms with Crippen molar-refractivity contribution in [1.82, 2.24) is 0 Å². The number of aryl methyl sites for hydroxylation is 4. The van der Waals surface area contributed by atoms with Crippen LogP contribution in [0.4, 0.5) is 11.4 Å². The fraction of sp³-hybridized carbons (Fsp3) is 0.698. The predicted octanol–water partition coefficient (Wildman–Crippen LogP) is 17.4. The molecule has 2 aromatic carbocycles. The Hall–Kier alpha value is -2.17. The summed E-state index contributed by atoms with van der Waals surface area (Å²) < 4.78 is 0. The molecule has 0 fully saturated rings. The van der Waals surface area contributed by atoms with E-state index in [1.807, 2.05) is 0 Å². The summed E-state index contributed by atoms with van der Waals surface area (Å²) >= 11 is 0. The van der Waals surface area contributed by atoms with E-state index in [1.54, 1.807) is 0 Å². The van der Waals surface area contributed by atoms with Gasteiger partial charge in [0.05, 0.1) is 17.1 Å². The van der Waals surface area contributed by atoms with Crippen LogP contribution in [0, 0.1) is 11.8 Å². The van der Waals surface area contributed by atoms with E-state index >= 15 is 0 Å². The second kappa shape index (κ2) is 36.0. The molecule has 0 aliphatic rings. The molecule has 0 unspecified atom stereocenters. The van der Waals surface area contributed by atoms with E-state index in [-0.39, 0.29) is 16.5 Å². The molecule has 3 heteroatoms. The molecule has 2 aromatic rings. The zero-order valence-electron chi connectivity index (χ0n) is 37.6. The Morgan fingerprint density at radius 1 is 0.411 bits per heavy atom. The number of hydrogen-bond donors (Lipinski definition) is 0. The molecule has 2 rings (SSSR count). The zero-order chi connectivity index (χ0) is 39.6. The zero-order valence-corrected chi connectivity index (χ0v) is 38.6. The van der Waals surface area contributed by atoms with Crippen LogP contribution in [0.1, 0.15) is 237 Å². The van der Waals surface area contributed by atoms with Crippen LogP contribution in [0.2, 0.25) is 0 Å². The maximum Gasteiger partial charge on any atom is 0.135 e. The van der Waals surface area contributed by atoms with Crippen molar-refractivity contribution in [1.29, 1.82) is 0 Å². The molecule has 56 heavy (non-hydrogen) atoms. The molecule has 0 heterocycles. The van der Waals surface area contributed by atoms with Crippen LogP contribution in [0.3, 0.4) is 0 Å². The van der Waals surface area contributed by atoms with E-state index in [2.05, 4.69) is 89.8 Å². The van der Waals surface area contributed by atoms with Crippen LogP contribution >= 0.6 is 0 Å². The number of aliphatic imine (C=N–C) groups is 2. The summed E-state index contributed by atoms with van der Waals surface area (Å²) in [5.41, 5.74) is 9.78. The van der Waals surface area contributed by atoms with E-state index in [0.29, 0.717) is 0 Å². The van der Waals surface area contributed by atoms with Crippen LogP contribution in [0.25, 0.3) is 0 Å². The molecule has 0 amide bonds. The van der Waals surface area contributed by atoms with Crippen LogP contribution < -0.4 is 0 Å². The smallest absolute Gasteiger partial charge is 0.135 e. The summed E-state index contributed by atoms with van der Waals surface area (Å²) in [5.74, 6) is 7.07. The first-order chi connectivity index (χ1) is 27.1. The van der Waals surface area contributed by atoms with Crippen molar-refractivity contribution < 1.29 is 16.5 Å². The summed E-state index contributed by atoms with van der Waals surface area (Å²) in [4.78, 5) is 10.5.